The van der Waals surface area contributed by atoms with Crippen molar-refractivity contribution < 1.29 is 47.6 Å². The molecule has 1 fully saturated rings. The van der Waals surface area contributed by atoms with Crippen LogP contribution in [0.3, 0.4) is 0 Å². The molecule has 1 saturated carbocycles. The Morgan fingerprint density at radius 1 is 0.982 bits per heavy atom. The fourth-order valence-corrected chi connectivity index (χ4v) is 6.56. The number of esters is 1. The molecule has 1 aliphatic carbocycles. The van der Waals surface area contributed by atoms with Crippen LogP contribution in [0.25, 0.3) is 10.8 Å². The lowest BCUT2D eigenvalue weighted by molar-refractivity contribution is -0.145. The number of aromatic nitrogens is 1. The maximum absolute atomic E-state index is 13.1. The van der Waals surface area contributed by atoms with E-state index in [-0.39, 0.29) is 81.0 Å². The second-order valence-corrected chi connectivity index (χ2v) is 13.6. The van der Waals surface area contributed by atoms with Gasteiger partial charge in [0.2, 0.25) is 5.91 Å². The number of hydrogen-bond donors (Lipinski definition) is 5. The number of carbonyl (C=O) groups excluding carboxylic acids is 2. The SMILES string of the molecule is Cl.Cl.NCC(C(=O)Nc1ccc2cnccc2c1)c1ccc(COC(=O)CCC/C=C/C[C@@H]2[C@@H](/C=C/[C@@H](O)COc3cccc(C(F)(F)F)c3)[C@H](O)C[C@@H]2O)cc1. The molecule has 0 aliphatic heterocycles. The molecule has 5 rings (SSSR count). The molecule has 10 nitrogen and oxygen atoms in total. The number of fused-ring (bicyclic) bond motifs is 1. The van der Waals surface area contributed by atoms with Gasteiger partial charge in [0.15, 0.2) is 0 Å². The Labute approximate surface area is 341 Å². The summed E-state index contributed by atoms with van der Waals surface area (Å²) in [7, 11) is 0. The monoisotopic (exact) mass is 833 g/mol. The van der Waals surface area contributed by atoms with E-state index in [2.05, 4.69) is 10.3 Å². The zero-order chi connectivity index (χ0) is 39.4. The maximum atomic E-state index is 13.1. The van der Waals surface area contributed by atoms with Gasteiger partial charge in [-0.05, 0) is 78.1 Å². The molecule has 1 aromatic heterocycles. The van der Waals surface area contributed by atoms with Crippen molar-refractivity contribution in [1.29, 1.82) is 0 Å². The van der Waals surface area contributed by atoms with E-state index >= 15 is 0 Å². The highest BCUT2D eigenvalue weighted by Crippen LogP contribution is 2.36. The third-order valence-corrected chi connectivity index (χ3v) is 9.62. The Kier molecular flexibility index (Phi) is 18.5. The summed E-state index contributed by atoms with van der Waals surface area (Å²) >= 11 is 0. The molecule has 3 aromatic carbocycles. The first-order valence-corrected chi connectivity index (χ1v) is 18.2. The molecule has 6 N–H and O–H groups in total. The van der Waals surface area contributed by atoms with E-state index in [1.54, 1.807) is 42.7 Å². The van der Waals surface area contributed by atoms with Gasteiger partial charge < -0.3 is 35.8 Å². The molecule has 57 heavy (non-hydrogen) atoms. The molecular formula is C42H48Cl2F3N3O7. The van der Waals surface area contributed by atoms with E-state index in [4.69, 9.17) is 15.2 Å². The van der Waals surface area contributed by atoms with Gasteiger partial charge in [-0.15, -0.1) is 24.8 Å². The molecule has 0 radical (unpaired) electrons. The molecule has 6 atom stereocenters. The van der Waals surface area contributed by atoms with Crippen LogP contribution in [-0.2, 0) is 27.1 Å². The van der Waals surface area contributed by atoms with Crippen molar-refractivity contribution in [3.05, 3.63) is 126 Å². The summed E-state index contributed by atoms with van der Waals surface area (Å²) in [5, 5.41) is 36.2. The maximum Gasteiger partial charge on any atom is 0.416 e. The fourth-order valence-electron chi connectivity index (χ4n) is 6.56. The third kappa shape index (κ3) is 13.8. The number of unbranched alkanes of at least 4 members (excludes halogenated alkanes) is 1. The van der Waals surface area contributed by atoms with E-state index < -0.39 is 41.9 Å². The topological polar surface area (TPSA) is 164 Å². The number of aliphatic hydroxyl groups excluding tert-OH is 3. The van der Waals surface area contributed by atoms with Crippen LogP contribution >= 0.6 is 24.8 Å². The molecule has 15 heteroatoms. The zero-order valence-corrected chi connectivity index (χ0v) is 32.6. The summed E-state index contributed by atoms with van der Waals surface area (Å²) in [5.74, 6) is -1.93. The Morgan fingerprint density at radius 2 is 1.75 bits per heavy atom. The number of allylic oxidation sites excluding steroid dienone is 2. The summed E-state index contributed by atoms with van der Waals surface area (Å²) in [6, 6.07) is 19.1. The quantitative estimate of drug-likeness (QED) is 0.0418. The number of pyridine rings is 1. The number of aliphatic hydroxyl groups is 3. The van der Waals surface area contributed by atoms with Crippen LogP contribution in [0, 0.1) is 11.8 Å². The fraction of sp³-hybridized carbons (Fsp3) is 0.357. The number of amides is 1. The number of hydrogen-bond acceptors (Lipinski definition) is 9. The summed E-state index contributed by atoms with van der Waals surface area (Å²) in [6.07, 6.45) is 5.02. The van der Waals surface area contributed by atoms with Crippen LogP contribution in [0.4, 0.5) is 18.9 Å². The van der Waals surface area contributed by atoms with Gasteiger partial charge in [-0.3, -0.25) is 14.6 Å². The average Bonchev–Trinajstić information content (AvgIpc) is 3.44. The first kappa shape index (κ1) is 46.9. The van der Waals surface area contributed by atoms with Gasteiger partial charge in [0.05, 0.1) is 23.7 Å². The van der Waals surface area contributed by atoms with E-state index in [1.807, 2.05) is 36.4 Å². The lowest BCUT2D eigenvalue weighted by Gasteiger charge is -2.19. The van der Waals surface area contributed by atoms with E-state index in [9.17, 15) is 38.1 Å². The van der Waals surface area contributed by atoms with Crippen molar-refractivity contribution in [2.45, 2.75) is 69.1 Å². The van der Waals surface area contributed by atoms with Crippen LogP contribution in [0.15, 0.2) is 109 Å². The van der Waals surface area contributed by atoms with Crippen LogP contribution < -0.4 is 15.8 Å². The molecule has 0 spiro atoms. The van der Waals surface area contributed by atoms with Crippen molar-refractivity contribution >= 4 is 53.2 Å². The number of ether oxygens (including phenoxy) is 2. The number of carbonyl (C=O) groups is 2. The Balaban J connectivity index is 0.00000435. The summed E-state index contributed by atoms with van der Waals surface area (Å²) in [5.41, 5.74) is 7.29. The van der Waals surface area contributed by atoms with Gasteiger partial charge in [-0.1, -0.05) is 60.7 Å². The van der Waals surface area contributed by atoms with E-state index in [0.717, 1.165) is 34.0 Å². The Bertz CT molecular complexity index is 1950. The van der Waals surface area contributed by atoms with Crippen LogP contribution in [0.1, 0.15) is 54.7 Å². The molecule has 1 unspecified atom stereocenters. The molecular weight excluding hydrogens is 786 g/mol. The number of nitrogens with zero attached hydrogens (tertiary/aromatic N) is 1. The number of anilines is 1. The zero-order valence-electron chi connectivity index (χ0n) is 31.0. The standard InChI is InChI=1S/C42H46F3N3O7.2ClH/c43-42(44,45)31-6-5-7-34(21-31)54-26-33(49)16-17-36-35(38(50)22-39(36)51)8-3-1-2-4-9-40(52)55-25-27-10-12-28(13-11-27)37(23-46)41(53)48-32-15-14-30-24-47-19-18-29(30)20-32;;/h1,3,5-7,10-21,24,33,35-39,49-51H,2,4,8-9,22-23,25-26,46H2,(H,48,53);2*1H/b3-1+,17-16+;;/t33-,35-,36-,37?,38+,39-;;/m1../s1. The van der Waals surface area contributed by atoms with Crippen LogP contribution in [-0.4, -0.2) is 63.6 Å². The first-order chi connectivity index (χ1) is 26.4. The normalized spacial score (nSPS) is 19.1. The largest absolute Gasteiger partial charge is 0.491 e. The summed E-state index contributed by atoms with van der Waals surface area (Å²) < 4.78 is 49.6. The minimum atomic E-state index is -4.51. The number of rotatable bonds is 17. The highest BCUT2D eigenvalue weighted by molar-refractivity contribution is 5.98. The lowest BCUT2D eigenvalue weighted by atomic mass is 9.89. The molecule has 1 aliphatic rings. The van der Waals surface area contributed by atoms with Crippen LogP contribution in [0.5, 0.6) is 5.75 Å². The number of halogens is 5. The second kappa shape index (κ2) is 22.4. The second-order valence-electron chi connectivity index (χ2n) is 13.6. The van der Waals surface area contributed by atoms with Crippen molar-refractivity contribution in [2.75, 3.05) is 18.5 Å². The first-order valence-electron chi connectivity index (χ1n) is 18.2. The van der Waals surface area contributed by atoms with E-state index in [1.165, 1.54) is 18.2 Å². The van der Waals surface area contributed by atoms with Crippen LogP contribution in [0.2, 0.25) is 0 Å². The Hall–Kier alpha value is -4.50. The highest BCUT2D eigenvalue weighted by Gasteiger charge is 2.39. The van der Waals surface area contributed by atoms with Gasteiger partial charge in [0.25, 0.3) is 0 Å². The van der Waals surface area contributed by atoms with Gasteiger partial charge in [0, 0.05) is 48.8 Å². The van der Waals surface area contributed by atoms with Gasteiger partial charge in [-0.25, -0.2) is 0 Å². The average molecular weight is 835 g/mol. The van der Waals surface area contributed by atoms with Crippen molar-refractivity contribution in [1.82, 2.24) is 4.98 Å². The smallest absolute Gasteiger partial charge is 0.416 e. The van der Waals surface area contributed by atoms with Crippen molar-refractivity contribution in [2.24, 2.45) is 17.6 Å². The van der Waals surface area contributed by atoms with Gasteiger partial charge in [0.1, 0.15) is 25.1 Å². The molecule has 0 saturated heterocycles. The third-order valence-electron chi connectivity index (χ3n) is 9.62. The van der Waals surface area contributed by atoms with Crippen molar-refractivity contribution in [3.63, 3.8) is 0 Å². The molecule has 4 aromatic rings. The molecule has 0 bridgehead atoms. The predicted octanol–water partition coefficient (Wildman–Crippen LogP) is 7.29. The Morgan fingerprint density at radius 3 is 2.49 bits per heavy atom. The van der Waals surface area contributed by atoms with Gasteiger partial charge >= 0.3 is 12.1 Å². The number of alkyl halides is 3. The predicted molar refractivity (Wildman–Crippen MR) is 216 cm³/mol. The minimum Gasteiger partial charge on any atom is -0.491 e. The number of benzene rings is 3. The number of nitrogens with one attached hydrogen (secondary N) is 1. The number of nitrogens with two attached hydrogens (primary N) is 1. The molecule has 308 valence electrons. The minimum absolute atomic E-state index is 0. The lowest BCUT2D eigenvalue weighted by Crippen LogP contribution is -2.27. The summed E-state index contributed by atoms with van der Waals surface area (Å²) in [4.78, 5) is 29.6. The van der Waals surface area contributed by atoms with E-state index in [0.29, 0.717) is 24.9 Å². The molecule has 1 amide bonds. The van der Waals surface area contributed by atoms with Crippen molar-refractivity contribution in [3.8, 4) is 5.75 Å². The summed E-state index contributed by atoms with van der Waals surface area (Å²) in [6.45, 7) is -0.0853. The highest BCUT2D eigenvalue weighted by atomic mass is 35.5. The van der Waals surface area contributed by atoms with Gasteiger partial charge in [-0.2, -0.15) is 13.2 Å². The molecule has 1 heterocycles.